The van der Waals surface area contributed by atoms with Crippen LogP contribution in [0.1, 0.15) is 26.3 Å². The molecule has 1 N–H and O–H groups in total. The van der Waals surface area contributed by atoms with Gasteiger partial charge in [-0.15, -0.1) is 10.2 Å². The molecule has 0 aliphatic carbocycles. The van der Waals surface area contributed by atoms with Crippen molar-refractivity contribution >= 4 is 21.5 Å². The lowest BCUT2D eigenvalue weighted by molar-refractivity contribution is 0.122. The molecule has 3 aromatic rings. The Hall–Kier alpha value is -2.97. The van der Waals surface area contributed by atoms with Crippen molar-refractivity contribution in [1.29, 1.82) is 0 Å². The molecule has 0 saturated carbocycles. The van der Waals surface area contributed by atoms with Crippen LogP contribution in [0.5, 0.6) is 0 Å². The van der Waals surface area contributed by atoms with Crippen molar-refractivity contribution in [3.05, 3.63) is 66.2 Å². The number of benzene rings is 2. The molecule has 2 heterocycles. The van der Waals surface area contributed by atoms with Crippen LogP contribution in [-0.2, 0) is 20.2 Å². The summed E-state index contributed by atoms with van der Waals surface area (Å²) in [6, 6.07) is 18.0. The third-order valence-electron chi connectivity index (χ3n) is 5.43. The van der Waals surface area contributed by atoms with E-state index in [0.29, 0.717) is 24.6 Å². The van der Waals surface area contributed by atoms with E-state index in [1.165, 1.54) is 0 Å². The number of nitrogens with one attached hydrogen (secondary N) is 1. The molecule has 0 bridgehead atoms. The lowest BCUT2D eigenvalue weighted by Crippen LogP contribution is -2.36. The second kappa shape index (κ2) is 8.88. The van der Waals surface area contributed by atoms with Gasteiger partial charge in [-0.05, 0) is 47.4 Å². The van der Waals surface area contributed by atoms with Crippen molar-refractivity contribution in [2.75, 3.05) is 35.9 Å². The summed E-state index contributed by atoms with van der Waals surface area (Å²) in [5.41, 5.74) is 2.98. The molecule has 1 aromatic heterocycles. The molecule has 2 aromatic carbocycles. The lowest BCUT2D eigenvalue weighted by atomic mass is 9.87. The largest absolute Gasteiger partial charge is 0.378 e. The van der Waals surface area contributed by atoms with Gasteiger partial charge in [-0.3, -0.25) is 4.72 Å². The minimum absolute atomic E-state index is 0.0393. The van der Waals surface area contributed by atoms with Crippen molar-refractivity contribution in [2.45, 2.75) is 31.1 Å². The second-order valence-corrected chi connectivity index (χ2v) is 10.5. The summed E-state index contributed by atoms with van der Waals surface area (Å²) in [6.45, 7) is 9.24. The van der Waals surface area contributed by atoms with Gasteiger partial charge in [0, 0.05) is 24.3 Å². The molecule has 1 fully saturated rings. The van der Waals surface area contributed by atoms with E-state index < -0.39 is 10.0 Å². The minimum atomic E-state index is -3.70. The van der Waals surface area contributed by atoms with Crippen LogP contribution in [-0.4, -0.2) is 44.9 Å². The van der Waals surface area contributed by atoms with Crippen molar-refractivity contribution in [2.24, 2.45) is 0 Å². The Morgan fingerprint density at radius 2 is 1.66 bits per heavy atom. The quantitative estimate of drug-likeness (QED) is 0.628. The van der Waals surface area contributed by atoms with Crippen LogP contribution < -0.4 is 9.62 Å². The maximum absolute atomic E-state index is 12.9. The van der Waals surface area contributed by atoms with Gasteiger partial charge in [-0.25, -0.2) is 8.42 Å². The Labute approximate surface area is 189 Å². The van der Waals surface area contributed by atoms with Crippen molar-refractivity contribution in [1.82, 2.24) is 10.2 Å². The molecule has 1 aliphatic heterocycles. The van der Waals surface area contributed by atoms with E-state index in [1.54, 1.807) is 30.3 Å². The van der Waals surface area contributed by atoms with E-state index in [2.05, 4.69) is 40.6 Å². The van der Waals surface area contributed by atoms with E-state index in [4.69, 9.17) is 4.74 Å². The first kappa shape index (κ1) is 22.2. The van der Waals surface area contributed by atoms with E-state index >= 15 is 0 Å². The normalized spacial score (nSPS) is 14.9. The van der Waals surface area contributed by atoms with Crippen LogP contribution in [0.2, 0.25) is 0 Å². The molecule has 4 rings (SSSR count). The van der Waals surface area contributed by atoms with Gasteiger partial charge in [0.25, 0.3) is 10.0 Å². The maximum Gasteiger partial charge on any atom is 0.261 e. The number of anilines is 2. The van der Waals surface area contributed by atoms with E-state index in [9.17, 15) is 8.42 Å². The Balaban J connectivity index is 1.51. The average Bonchev–Trinajstić information content (AvgIpc) is 2.79. The molecule has 1 saturated heterocycles. The summed E-state index contributed by atoms with van der Waals surface area (Å²) < 4.78 is 33.8. The summed E-state index contributed by atoms with van der Waals surface area (Å²) in [7, 11) is -3.70. The molecule has 8 heteroatoms. The first-order valence-corrected chi connectivity index (χ1v) is 12.1. The number of sulfonamides is 1. The Kier molecular flexibility index (Phi) is 6.17. The van der Waals surface area contributed by atoms with Gasteiger partial charge in [0.05, 0.1) is 23.8 Å². The fraction of sp³-hybridized carbons (Fsp3) is 0.333. The molecule has 7 nitrogen and oxygen atoms in total. The Bertz CT molecular complexity index is 1170. The Morgan fingerprint density at radius 1 is 0.938 bits per heavy atom. The molecule has 168 valence electrons. The number of hydrogen-bond donors (Lipinski definition) is 1. The standard InChI is InChI=1S/C24H28N4O3S/c1-24(2,3)19-7-9-21(10-8-19)32(29,30)27-20-6-4-5-18(17-20)22-11-12-23(26-25-22)28-13-15-31-16-14-28/h4-12,17,27H,13-16H2,1-3H3. The van der Waals surface area contributed by atoms with Crippen molar-refractivity contribution in [3.8, 4) is 11.3 Å². The van der Waals surface area contributed by atoms with Gasteiger partial charge >= 0.3 is 0 Å². The summed E-state index contributed by atoms with van der Waals surface area (Å²) in [6.07, 6.45) is 0. The maximum atomic E-state index is 12.9. The highest BCUT2D eigenvalue weighted by molar-refractivity contribution is 7.92. The predicted octanol–water partition coefficient (Wildman–Crippen LogP) is 4.08. The molecular formula is C24H28N4O3S. The SMILES string of the molecule is CC(C)(C)c1ccc(S(=O)(=O)Nc2cccc(-c3ccc(N4CCOCC4)nn3)c2)cc1. The van der Waals surface area contributed by atoms with Gasteiger partial charge in [0.2, 0.25) is 0 Å². The monoisotopic (exact) mass is 452 g/mol. The minimum Gasteiger partial charge on any atom is -0.378 e. The molecule has 0 unspecified atom stereocenters. The van der Waals surface area contributed by atoms with Crippen LogP contribution in [0.25, 0.3) is 11.3 Å². The van der Waals surface area contributed by atoms with E-state index in [-0.39, 0.29) is 10.3 Å². The van der Waals surface area contributed by atoms with Crippen LogP contribution in [0.3, 0.4) is 0 Å². The zero-order valence-corrected chi connectivity index (χ0v) is 19.4. The molecule has 0 radical (unpaired) electrons. The number of rotatable bonds is 5. The third kappa shape index (κ3) is 5.08. The van der Waals surface area contributed by atoms with E-state index in [1.807, 2.05) is 30.3 Å². The smallest absolute Gasteiger partial charge is 0.261 e. The van der Waals surface area contributed by atoms with Crippen LogP contribution >= 0.6 is 0 Å². The molecule has 0 atom stereocenters. The van der Waals surface area contributed by atoms with Crippen molar-refractivity contribution < 1.29 is 13.2 Å². The van der Waals surface area contributed by atoms with Gasteiger partial charge in [0.15, 0.2) is 5.82 Å². The lowest BCUT2D eigenvalue weighted by Gasteiger charge is -2.27. The van der Waals surface area contributed by atoms with Gasteiger partial charge in [-0.1, -0.05) is 45.0 Å². The summed E-state index contributed by atoms with van der Waals surface area (Å²) in [5, 5.41) is 8.68. The van der Waals surface area contributed by atoms with Gasteiger partial charge < -0.3 is 9.64 Å². The summed E-state index contributed by atoms with van der Waals surface area (Å²) >= 11 is 0. The Morgan fingerprint density at radius 3 is 2.28 bits per heavy atom. The highest BCUT2D eigenvalue weighted by Gasteiger charge is 2.18. The molecule has 0 spiro atoms. The highest BCUT2D eigenvalue weighted by Crippen LogP contribution is 2.26. The molecular weight excluding hydrogens is 424 g/mol. The third-order valence-corrected chi connectivity index (χ3v) is 6.82. The molecule has 0 amide bonds. The fourth-order valence-electron chi connectivity index (χ4n) is 3.53. The van der Waals surface area contributed by atoms with Crippen LogP contribution in [0, 0.1) is 0 Å². The molecule has 32 heavy (non-hydrogen) atoms. The number of hydrogen-bond acceptors (Lipinski definition) is 6. The zero-order valence-electron chi connectivity index (χ0n) is 18.6. The summed E-state index contributed by atoms with van der Waals surface area (Å²) in [4.78, 5) is 2.36. The average molecular weight is 453 g/mol. The van der Waals surface area contributed by atoms with Gasteiger partial charge in [-0.2, -0.15) is 0 Å². The van der Waals surface area contributed by atoms with Crippen LogP contribution in [0.15, 0.2) is 65.6 Å². The zero-order chi connectivity index (χ0) is 22.8. The number of ether oxygens (including phenoxy) is 1. The topological polar surface area (TPSA) is 84.4 Å². The summed E-state index contributed by atoms with van der Waals surface area (Å²) in [5.74, 6) is 0.813. The fourth-order valence-corrected chi connectivity index (χ4v) is 4.58. The van der Waals surface area contributed by atoms with Crippen molar-refractivity contribution in [3.63, 3.8) is 0 Å². The van der Waals surface area contributed by atoms with E-state index in [0.717, 1.165) is 30.0 Å². The highest BCUT2D eigenvalue weighted by atomic mass is 32.2. The number of morpholine rings is 1. The predicted molar refractivity (Wildman–Crippen MR) is 126 cm³/mol. The first-order valence-electron chi connectivity index (χ1n) is 10.6. The number of aromatic nitrogens is 2. The van der Waals surface area contributed by atoms with Gasteiger partial charge in [0.1, 0.15) is 0 Å². The first-order chi connectivity index (χ1) is 15.2. The second-order valence-electron chi connectivity index (χ2n) is 8.84. The molecule has 1 aliphatic rings. The van der Waals surface area contributed by atoms with Crippen LogP contribution in [0.4, 0.5) is 11.5 Å². The number of nitrogens with zero attached hydrogens (tertiary/aromatic N) is 3.